The first-order valence-electron chi connectivity index (χ1n) is 12.1. The van der Waals surface area contributed by atoms with E-state index in [9.17, 15) is 0 Å². The van der Waals surface area contributed by atoms with Gasteiger partial charge in [-0.15, -0.1) is 0 Å². The average Bonchev–Trinajstić information content (AvgIpc) is 3.35. The highest BCUT2D eigenvalue weighted by Crippen LogP contribution is 2.38. The Kier molecular flexibility index (Phi) is 5.74. The van der Waals surface area contributed by atoms with Crippen molar-refractivity contribution >= 4 is 34.2 Å². The third-order valence-corrected chi connectivity index (χ3v) is 6.89. The summed E-state index contributed by atoms with van der Waals surface area (Å²) in [5, 5.41) is 8.67. The second-order valence-corrected chi connectivity index (χ2v) is 9.72. The maximum atomic E-state index is 6.37. The van der Waals surface area contributed by atoms with Gasteiger partial charge in [-0.1, -0.05) is 102 Å². The molecule has 0 saturated heterocycles. The summed E-state index contributed by atoms with van der Waals surface area (Å²) in [6.07, 6.45) is 0.773. The molecule has 0 saturated carbocycles. The van der Waals surface area contributed by atoms with Gasteiger partial charge in [-0.05, 0) is 43.2 Å². The molecule has 0 spiro atoms. The van der Waals surface area contributed by atoms with E-state index in [-0.39, 0.29) is 6.04 Å². The monoisotopic (exact) mass is 488 g/mol. The Labute approximate surface area is 215 Å². The number of rotatable bonds is 4. The van der Waals surface area contributed by atoms with E-state index in [0.717, 1.165) is 39.9 Å². The van der Waals surface area contributed by atoms with Crippen LogP contribution >= 0.6 is 11.6 Å². The Morgan fingerprint density at radius 1 is 0.750 bits per heavy atom. The standard InChI is InChI=1S/C31H25ClN4/c1-20-8-12-22(13-9-20)28-19-29(23-14-10-21(2)11-15-23)36(35-28)31-33-27-17-16-25(32)18-26(27)30(34-31)24-6-4-3-5-7-24/h3-18,29H,19H2,1-2H3/t29-/m0/s1. The molecule has 1 aliphatic heterocycles. The number of nitrogens with zero attached hydrogens (tertiary/aromatic N) is 4. The summed E-state index contributed by atoms with van der Waals surface area (Å²) < 4.78 is 0. The lowest BCUT2D eigenvalue weighted by Crippen LogP contribution is -2.21. The van der Waals surface area contributed by atoms with Crippen molar-refractivity contribution in [2.75, 3.05) is 5.01 Å². The number of hydrogen-bond acceptors (Lipinski definition) is 4. The predicted octanol–water partition coefficient (Wildman–Crippen LogP) is 7.92. The molecule has 6 rings (SSSR count). The number of benzene rings is 4. The molecule has 5 heteroatoms. The lowest BCUT2D eigenvalue weighted by atomic mass is 9.97. The van der Waals surface area contributed by atoms with Gasteiger partial charge >= 0.3 is 0 Å². The fourth-order valence-corrected chi connectivity index (χ4v) is 4.84. The summed E-state index contributed by atoms with van der Waals surface area (Å²) in [4.78, 5) is 10.0. The van der Waals surface area contributed by atoms with Gasteiger partial charge in [-0.2, -0.15) is 5.10 Å². The van der Waals surface area contributed by atoms with E-state index < -0.39 is 0 Å². The van der Waals surface area contributed by atoms with Crippen LogP contribution in [0.15, 0.2) is 102 Å². The van der Waals surface area contributed by atoms with Crippen molar-refractivity contribution in [3.63, 3.8) is 0 Å². The number of hydrazone groups is 1. The van der Waals surface area contributed by atoms with Crippen molar-refractivity contribution in [1.29, 1.82) is 0 Å². The van der Waals surface area contributed by atoms with Crippen LogP contribution in [0.2, 0.25) is 5.02 Å². The SMILES string of the molecule is Cc1ccc(C2=NN(c3nc(-c4ccccc4)c4cc(Cl)ccc4n3)[C@H](c3ccc(C)cc3)C2)cc1. The van der Waals surface area contributed by atoms with Gasteiger partial charge in [0.2, 0.25) is 5.95 Å². The van der Waals surface area contributed by atoms with Gasteiger partial charge in [-0.3, -0.25) is 0 Å². The first-order chi connectivity index (χ1) is 17.5. The third kappa shape index (κ3) is 4.25. The molecular formula is C31H25ClN4. The van der Waals surface area contributed by atoms with Crippen molar-refractivity contribution in [1.82, 2.24) is 9.97 Å². The van der Waals surface area contributed by atoms with E-state index in [1.807, 2.05) is 41.4 Å². The molecule has 2 heterocycles. The highest BCUT2D eigenvalue weighted by atomic mass is 35.5. The Hall–Kier alpha value is -4.02. The molecule has 0 amide bonds. The summed E-state index contributed by atoms with van der Waals surface area (Å²) in [6.45, 7) is 4.20. The summed E-state index contributed by atoms with van der Waals surface area (Å²) in [6, 6.07) is 33.1. The zero-order chi connectivity index (χ0) is 24.6. The van der Waals surface area contributed by atoms with Gasteiger partial charge < -0.3 is 0 Å². The van der Waals surface area contributed by atoms with Gasteiger partial charge in [0, 0.05) is 22.4 Å². The predicted molar refractivity (Wildman–Crippen MR) is 149 cm³/mol. The number of aryl methyl sites for hydroxylation is 2. The molecule has 36 heavy (non-hydrogen) atoms. The second-order valence-electron chi connectivity index (χ2n) is 9.29. The van der Waals surface area contributed by atoms with Crippen molar-refractivity contribution < 1.29 is 0 Å². The highest BCUT2D eigenvalue weighted by molar-refractivity contribution is 6.31. The maximum absolute atomic E-state index is 6.37. The van der Waals surface area contributed by atoms with E-state index in [1.54, 1.807) is 0 Å². The molecule has 0 fully saturated rings. The smallest absolute Gasteiger partial charge is 0.223 e. The molecule has 1 aliphatic rings. The molecule has 0 unspecified atom stereocenters. The lowest BCUT2D eigenvalue weighted by molar-refractivity contribution is 0.689. The Morgan fingerprint density at radius 3 is 2.17 bits per heavy atom. The summed E-state index contributed by atoms with van der Waals surface area (Å²) in [7, 11) is 0. The van der Waals surface area contributed by atoms with Gasteiger partial charge in [0.25, 0.3) is 0 Å². The quantitative estimate of drug-likeness (QED) is 0.258. The van der Waals surface area contributed by atoms with Crippen LogP contribution in [0.1, 0.15) is 34.7 Å². The molecular weight excluding hydrogens is 464 g/mol. The maximum Gasteiger partial charge on any atom is 0.247 e. The van der Waals surface area contributed by atoms with Crippen molar-refractivity contribution in [3.05, 3.63) is 124 Å². The number of aromatic nitrogens is 2. The van der Waals surface area contributed by atoms with Gasteiger partial charge in [-0.25, -0.2) is 15.0 Å². The summed E-state index contributed by atoms with van der Waals surface area (Å²) >= 11 is 6.37. The Morgan fingerprint density at radius 2 is 1.44 bits per heavy atom. The molecule has 5 aromatic rings. The van der Waals surface area contributed by atoms with Crippen LogP contribution in [0.4, 0.5) is 5.95 Å². The molecule has 1 atom stereocenters. The minimum Gasteiger partial charge on any atom is -0.223 e. The number of anilines is 1. The average molecular weight is 489 g/mol. The minimum absolute atomic E-state index is 0.00437. The van der Waals surface area contributed by atoms with E-state index in [0.29, 0.717) is 11.0 Å². The van der Waals surface area contributed by atoms with E-state index in [4.69, 9.17) is 26.7 Å². The van der Waals surface area contributed by atoms with Crippen molar-refractivity contribution in [2.45, 2.75) is 26.3 Å². The van der Waals surface area contributed by atoms with Crippen LogP contribution in [0.25, 0.3) is 22.2 Å². The molecule has 1 aromatic heterocycles. The molecule has 4 nitrogen and oxygen atoms in total. The normalized spacial score (nSPS) is 15.4. The van der Waals surface area contributed by atoms with Crippen LogP contribution in [-0.4, -0.2) is 15.7 Å². The minimum atomic E-state index is -0.00437. The number of hydrogen-bond donors (Lipinski definition) is 0. The van der Waals surface area contributed by atoms with Crippen LogP contribution in [0.3, 0.4) is 0 Å². The zero-order valence-corrected chi connectivity index (χ0v) is 20.9. The summed E-state index contributed by atoms with van der Waals surface area (Å²) in [5.41, 5.74) is 8.50. The van der Waals surface area contributed by atoms with Gasteiger partial charge in [0.1, 0.15) is 0 Å². The first kappa shape index (κ1) is 22.4. The molecule has 0 N–H and O–H groups in total. The second kappa shape index (κ2) is 9.21. The topological polar surface area (TPSA) is 41.4 Å². The fourth-order valence-electron chi connectivity index (χ4n) is 4.67. The molecule has 0 radical (unpaired) electrons. The van der Waals surface area contributed by atoms with Crippen LogP contribution in [0.5, 0.6) is 0 Å². The molecule has 0 bridgehead atoms. The van der Waals surface area contributed by atoms with E-state index in [1.165, 1.54) is 16.7 Å². The molecule has 0 aliphatic carbocycles. The Bertz CT molecular complexity index is 1580. The fraction of sp³-hybridized carbons (Fsp3) is 0.129. The lowest BCUT2D eigenvalue weighted by Gasteiger charge is -2.23. The highest BCUT2D eigenvalue weighted by Gasteiger charge is 2.32. The van der Waals surface area contributed by atoms with E-state index >= 15 is 0 Å². The zero-order valence-electron chi connectivity index (χ0n) is 20.2. The number of halogens is 1. The van der Waals surface area contributed by atoms with Crippen molar-refractivity contribution in [2.24, 2.45) is 5.10 Å². The largest absolute Gasteiger partial charge is 0.247 e. The van der Waals surface area contributed by atoms with Gasteiger partial charge in [0.05, 0.1) is 23.0 Å². The van der Waals surface area contributed by atoms with Gasteiger partial charge in [0.15, 0.2) is 0 Å². The van der Waals surface area contributed by atoms with Crippen LogP contribution in [-0.2, 0) is 0 Å². The molecule has 4 aromatic carbocycles. The third-order valence-electron chi connectivity index (χ3n) is 6.66. The Balaban J connectivity index is 1.53. The summed E-state index contributed by atoms with van der Waals surface area (Å²) in [5.74, 6) is 0.580. The first-order valence-corrected chi connectivity index (χ1v) is 12.5. The molecule has 176 valence electrons. The van der Waals surface area contributed by atoms with Crippen LogP contribution in [0, 0.1) is 13.8 Å². The van der Waals surface area contributed by atoms with Crippen LogP contribution < -0.4 is 5.01 Å². The van der Waals surface area contributed by atoms with Crippen molar-refractivity contribution in [3.8, 4) is 11.3 Å². The number of fused-ring (bicyclic) bond motifs is 1. The van der Waals surface area contributed by atoms with E-state index in [2.05, 4.69) is 74.5 Å².